The van der Waals surface area contributed by atoms with E-state index in [-0.39, 0.29) is 18.2 Å². The van der Waals surface area contributed by atoms with Gasteiger partial charge in [0.1, 0.15) is 0 Å². The molecule has 1 fully saturated rings. The van der Waals surface area contributed by atoms with E-state index in [2.05, 4.69) is 34.9 Å². The average molecular weight is 232 g/mol. The zero-order valence-corrected chi connectivity index (χ0v) is 10.0. The fourth-order valence-corrected chi connectivity index (χ4v) is 3.08. The van der Waals surface area contributed by atoms with Crippen molar-refractivity contribution in [1.82, 2.24) is 10.6 Å². The minimum Gasteiger partial charge on any atom is -0.390 e. The van der Waals surface area contributed by atoms with E-state index in [4.69, 9.17) is 0 Å². The van der Waals surface area contributed by atoms with Crippen LogP contribution < -0.4 is 10.6 Å². The molecule has 92 valence electrons. The lowest BCUT2D eigenvalue weighted by Crippen LogP contribution is -2.46. The van der Waals surface area contributed by atoms with E-state index in [1.165, 1.54) is 17.5 Å². The molecule has 0 amide bonds. The maximum Gasteiger partial charge on any atom is 0.0887 e. The zero-order chi connectivity index (χ0) is 11.7. The summed E-state index contributed by atoms with van der Waals surface area (Å²) in [7, 11) is 0. The molecule has 3 unspecified atom stereocenters. The normalized spacial score (nSPS) is 29.9. The molecule has 0 saturated carbocycles. The van der Waals surface area contributed by atoms with Gasteiger partial charge in [-0.15, -0.1) is 0 Å². The molecule has 2 aliphatic heterocycles. The highest BCUT2D eigenvalue weighted by Crippen LogP contribution is 2.28. The van der Waals surface area contributed by atoms with Gasteiger partial charge in [0, 0.05) is 6.04 Å². The van der Waals surface area contributed by atoms with Crippen LogP contribution in [0.5, 0.6) is 0 Å². The standard InChI is InChI=1S/C14H20N2O/c17-14(12-6-3-8-15-12)13-11-5-2-1-4-10(11)7-9-16-13/h1-2,4-5,12-17H,3,6-9H2. The summed E-state index contributed by atoms with van der Waals surface area (Å²) in [6.07, 6.45) is 3.01. The van der Waals surface area contributed by atoms with Crippen molar-refractivity contribution >= 4 is 0 Å². The van der Waals surface area contributed by atoms with Crippen LogP contribution in [0.1, 0.15) is 30.0 Å². The maximum atomic E-state index is 10.5. The van der Waals surface area contributed by atoms with Crippen molar-refractivity contribution in [3.05, 3.63) is 35.4 Å². The Hall–Kier alpha value is -0.900. The molecule has 0 aromatic heterocycles. The fourth-order valence-electron chi connectivity index (χ4n) is 3.08. The molecular formula is C14H20N2O. The van der Waals surface area contributed by atoms with Gasteiger partial charge >= 0.3 is 0 Å². The van der Waals surface area contributed by atoms with Crippen LogP contribution in [0.4, 0.5) is 0 Å². The van der Waals surface area contributed by atoms with Crippen molar-refractivity contribution in [2.45, 2.75) is 37.5 Å². The van der Waals surface area contributed by atoms with Crippen LogP contribution in [0.15, 0.2) is 24.3 Å². The number of hydrogen-bond donors (Lipinski definition) is 3. The first-order valence-electron chi connectivity index (χ1n) is 6.59. The van der Waals surface area contributed by atoms with E-state index in [1.54, 1.807) is 0 Å². The number of hydrogen-bond acceptors (Lipinski definition) is 3. The molecule has 3 N–H and O–H groups in total. The Labute approximate surface area is 102 Å². The molecule has 0 bridgehead atoms. The number of rotatable bonds is 2. The Morgan fingerprint density at radius 3 is 2.88 bits per heavy atom. The summed E-state index contributed by atoms with van der Waals surface area (Å²) in [5.74, 6) is 0. The SMILES string of the molecule is OC(C1CCCN1)C1NCCc2ccccc21. The highest BCUT2D eigenvalue weighted by atomic mass is 16.3. The lowest BCUT2D eigenvalue weighted by atomic mass is 9.88. The maximum absolute atomic E-state index is 10.5. The molecule has 2 aliphatic rings. The summed E-state index contributed by atoms with van der Waals surface area (Å²) in [4.78, 5) is 0. The quantitative estimate of drug-likeness (QED) is 0.712. The van der Waals surface area contributed by atoms with E-state index < -0.39 is 0 Å². The Kier molecular flexibility index (Phi) is 3.14. The number of aliphatic hydroxyl groups excluding tert-OH is 1. The van der Waals surface area contributed by atoms with Crippen molar-refractivity contribution in [3.8, 4) is 0 Å². The summed E-state index contributed by atoms with van der Waals surface area (Å²) in [5.41, 5.74) is 2.66. The third-order valence-electron chi connectivity index (χ3n) is 4.00. The van der Waals surface area contributed by atoms with Gasteiger partial charge in [0.05, 0.1) is 12.1 Å². The minimum atomic E-state index is -0.320. The van der Waals surface area contributed by atoms with Gasteiger partial charge in [-0.3, -0.25) is 0 Å². The van der Waals surface area contributed by atoms with Crippen molar-refractivity contribution in [3.63, 3.8) is 0 Å². The average Bonchev–Trinajstić information content (AvgIpc) is 2.91. The molecule has 0 radical (unpaired) electrons. The molecule has 2 heterocycles. The van der Waals surface area contributed by atoms with Gasteiger partial charge in [-0.2, -0.15) is 0 Å². The first-order chi connectivity index (χ1) is 8.36. The Morgan fingerprint density at radius 2 is 2.06 bits per heavy atom. The summed E-state index contributed by atoms with van der Waals surface area (Å²) in [5, 5.41) is 17.4. The minimum absolute atomic E-state index is 0.0931. The summed E-state index contributed by atoms with van der Waals surface area (Å²) in [6, 6.07) is 8.81. The van der Waals surface area contributed by atoms with Gasteiger partial charge in [-0.25, -0.2) is 0 Å². The first kappa shape index (κ1) is 11.2. The van der Waals surface area contributed by atoms with Crippen LogP contribution in [0, 0.1) is 0 Å². The Morgan fingerprint density at radius 1 is 1.18 bits per heavy atom. The van der Waals surface area contributed by atoms with Crippen LogP contribution in [0.2, 0.25) is 0 Å². The second-order valence-corrected chi connectivity index (χ2v) is 5.07. The fraction of sp³-hybridized carbons (Fsp3) is 0.571. The zero-order valence-electron chi connectivity index (χ0n) is 10.0. The molecule has 1 aromatic rings. The van der Waals surface area contributed by atoms with Crippen LogP contribution in [-0.2, 0) is 6.42 Å². The summed E-state index contributed by atoms with van der Waals surface area (Å²) in [6.45, 7) is 2.00. The van der Waals surface area contributed by atoms with Crippen LogP contribution in [0.3, 0.4) is 0 Å². The van der Waals surface area contributed by atoms with E-state index in [0.29, 0.717) is 0 Å². The predicted molar refractivity (Wildman–Crippen MR) is 67.9 cm³/mol. The highest BCUT2D eigenvalue weighted by molar-refractivity contribution is 5.33. The van der Waals surface area contributed by atoms with Crippen molar-refractivity contribution < 1.29 is 5.11 Å². The van der Waals surface area contributed by atoms with Gasteiger partial charge in [-0.05, 0) is 43.5 Å². The molecule has 1 saturated heterocycles. The Bertz CT molecular complexity index is 388. The van der Waals surface area contributed by atoms with Crippen molar-refractivity contribution in [2.24, 2.45) is 0 Å². The second-order valence-electron chi connectivity index (χ2n) is 5.07. The number of fused-ring (bicyclic) bond motifs is 1. The van der Waals surface area contributed by atoms with Gasteiger partial charge < -0.3 is 15.7 Å². The molecular weight excluding hydrogens is 212 g/mol. The lowest BCUT2D eigenvalue weighted by Gasteiger charge is -2.33. The number of nitrogens with one attached hydrogen (secondary N) is 2. The van der Waals surface area contributed by atoms with Gasteiger partial charge in [-0.1, -0.05) is 24.3 Å². The molecule has 3 nitrogen and oxygen atoms in total. The molecule has 1 aromatic carbocycles. The van der Waals surface area contributed by atoms with Crippen molar-refractivity contribution in [2.75, 3.05) is 13.1 Å². The number of benzene rings is 1. The monoisotopic (exact) mass is 232 g/mol. The van der Waals surface area contributed by atoms with E-state index in [9.17, 15) is 5.11 Å². The topological polar surface area (TPSA) is 44.3 Å². The van der Waals surface area contributed by atoms with Crippen LogP contribution >= 0.6 is 0 Å². The molecule has 3 rings (SSSR count). The second kappa shape index (κ2) is 4.77. The van der Waals surface area contributed by atoms with Gasteiger partial charge in [0.15, 0.2) is 0 Å². The van der Waals surface area contributed by atoms with E-state index in [1.807, 2.05) is 0 Å². The van der Waals surface area contributed by atoms with Crippen molar-refractivity contribution in [1.29, 1.82) is 0 Å². The van der Waals surface area contributed by atoms with Gasteiger partial charge in [0.25, 0.3) is 0 Å². The van der Waals surface area contributed by atoms with Crippen LogP contribution in [0.25, 0.3) is 0 Å². The predicted octanol–water partition coefficient (Wildman–Crippen LogP) is 0.986. The summed E-state index contributed by atoms with van der Waals surface area (Å²) < 4.78 is 0. The molecule has 0 spiro atoms. The van der Waals surface area contributed by atoms with E-state index in [0.717, 1.165) is 25.9 Å². The van der Waals surface area contributed by atoms with E-state index >= 15 is 0 Å². The Balaban J connectivity index is 1.84. The number of aliphatic hydroxyl groups is 1. The third-order valence-corrected chi connectivity index (χ3v) is 4.00. The van der Waals surface area contributed by atoms with Gasteiger partial charge in [0.2, 0.25) is 0 Å². The lowest BCUT2D eigenvalue weighted by molar-refractivity contribution is 0.0906. The smallest absolute Gasteiger partial charge is 0.0887 e. The molecule has 3 heteroatoms. The molecule has 17 heavy (non-hydrogen) atoms. The first-order valence-corrected chi connectivity index (χ1v) is 6.59. The molecule has 0 aliphatic carbocycles. The van der Waals surface area contributed by atoms with Crippen LogP contribution in [-0.4, -0.2) is 30.3 Å². The third kappa shape index (κ3) is 2.10. The highest BCUT2D eigenvalue weighted by Gasteiger charge is 2.32. The molecule has 3 atom stereocenters. The largest absolute Gasteiger partial charge is 0.390 e. The summed E-state index contributed by atoms with van der Waals surface area (Å²) >= 11 is 0.